The topological polar surface area (TPSA) is 12.0 Å². The fourth-order valence-corrected chi connectivity index (χ4v) is 1.93. The maximum absolute atomic E-state index is 5.91. The zero-order valence-corrected chi connectivity index (χ0v) is 10.8. The molecular formula is C15H16ClN. The Labute approximate surface area is 107 Å². The molecule has 0 heterocycles. The Bertz CT molecular complexity index is 489. The minimum atomic E-state index is 0.420. The summed E-state index contributed by atoms with van der Waals surface area (Å²) in [7, 11) is 0. The van der Waals surface area contributed by atoms with Gasteiger partial charge in [0, 0.05) is 22.3 Å². The molecule has 1 nitrogen and oxygen atoms in total. The third kappa shape index (κ3) is 3.01. The van der Waals surface area contributed by atoms with Crippen LogP contribution in [0.5, 0.6) is 0 Å². The molecule has 0 aliphatic heterocycles. The van der Waals surface area contributed by atoms with Crippen LogP contribution in [0.15, 0.2) is 48.5 Å². The Balaban J connectivity index is 2.40. The summed E-state index contributed by atoms with van der Waals surface area (Å²) in [5.74, 6) is 0. The highest BCUT2D eigenvalue weighted by atomic mass is 35.5. The standard InChI is InChI=1S/C15H16ClN/c1-11(2)17-15-6-4-3-5-14(15)12-7-9-13(16)10-8-12/h3-11,17H,1-2H3. The van der Waals surface area contributed by atoms with Gasteiger partial charge in [0.25, 0.3) is 0 Å². The molecular weight excluding hydrogens is 230 g/mol. The van der Waals surface area contributed by atoms with Gasteiger partial charge in [-0.15, -0.1) is 0 Å². The molecule has 17 heavy (non-hydrogen) atoms. The summed E-state index contributed by atoms with van der Waals surface area (Å²) in [6, 6.07) is 16.7. The maximum Gasteiger partial charge on any atom is 0.0421 e. The summed E-state index contributed by atoms with van der Waals surface area (Å²) in [5.41, 5.74) is 3.54. The van der Waals surface area contributed by atoms with Crippen molar-refractivity contribution in [2.45, 2.75) is 19.9 Å². The first-order chi connectivity index (χ1) is 8.16. The molecule has 0 aliphatic rings. The fourth-order valence-electron chi connectivity index (χ4n) is 1.80. The van der Waals surface area contributed by atoms with E-state index < -0.39 is 0 Å². The molecule has 0 spiro atoms. The van der Waals surface area contributed by atoms with E-state index in [1.54, 1.807) is 0 Å². The van der Waals surface area contributed by atoms with Crippen LogP contribution in [-0.2, 0) is 0 Å². The van der Waals surface area contributed by atoms with Gasteiger partial charge in [-0.1, -0.05) is 41.9 Å². The molecule has 2 heteroatoms. The fraction of sp³-hybridized carbons (Fsp3) is 0.200. The summed E-state index contributed by atoms with van der Waals surface area (Å²) >= 11 is 5.91. The number of hydrogen-bond donors (Lipinski definition) is 1. The van der Waals surface area contributed by atoms with Crippen LogP contribution in [0, 0.1) is 0 Å². The van der Waals surface area contributed by atoms with E-state index in [2.05, 4.69) is 37.4 Å². The van der Waals surface area contributed by atoms with E-state index in [9.17, 15) is 0 Å². The molecule has 0 aromatic heterocycles. The second-order valence-electron chi connectivity index (χ2n) is 4.35. The summed E-state index contributed by atoms with van der Waals surface area (Å²) in [6.07, 6.45) is 0. The number of nitrogens with one attached hydrogen (secondary N) is 1. The molecule has 0 bridgehead atoms. The number of hydrogen-bond acceptors (Lipinski definition) is 1. The van der Waals surface area contributed by atoms with E-state index in [1.807, 2.05) is 30.3 Å². The van der Waals surface area contributed by atoms with Crippen molar-refractivity contribution >= 4 is 17.3 Å². The molecule has 2 rings (SSSR count). The lowest BCUT2D eigenvalue weighted by atomic mass is 10.0. The minimum absolute atomic E-state index is 0.420. The van der Waals surface area contributed by atoms with Crippen molar-refractivity contribution in [2.75, 3.05) is 5.32 Å². The van der Waals surface area contributed by atoms with Gasteiger partial charge in [-0.3, -0.25) is 0 Å². The van der Waals surface area contributed by atoms with E-state index in [4.69, 9.17) is 11.6 Å². The van der Waals surface area contributed by atoms with Crippen molar-refractivity contribution in [3.8, 4) is 11.1 Å². The van der Waals surface area contributed by atoms with Crippen LogP contribution < -0.4 is 5.32 Å². The van der Waals surface area contributed by atoms with E-state index in [0.29, 0.717) is 6.04 Å². The average molecular weight is 246 g/mol. The van der Waals surface area contributed by atoms with Gasteiger partial charge in [0.1, 0.15) is 0 Å². The normalized spacial score (nSPS) is 10.6. The molecule has 0 saturated heterocycles. The Morgan fingerprint density at radius 1 is 0.941 bits per heavy atom. The van der Waals surface area contributed by atoms with Crippen LogP contribution in [0.25, 0.3) is 11.1 Å². The Morgan fingerprint density at radius 2 is 1.59 bits per heavy atom. The first kappa shape index (κ1) is 12.0. The van der Waals surface area contributed by atoms with Gasteiger partial charge in [-0.05, 0) is 37.6 Å². The lowest BCUT2D eigenvalue weighted by Crippen LogP contribution is -2.10. The van der Waals surface area contributed by atoms with Crippen LogP contribution >= 0.6 is 11.6 Å². The van der Waals surface area contributed by atoms with Gasteiger partial charge in [0.15, 0.2) is 0 Å². The van der Waals surface area contributed by atoms with Crippen LogP contribution in [-0.4, -0.2) is 6.04 Å². The van der Waals surface area contributed by atoms with Gasteiger partial charge < -0.3 is 5.32 Å². The highest BCUT2D eigenvalue weighted by Gasteiger charge is 2.04. The SMILES string of the molecule is CC(C)Nc1ccccc1-c1ccc(Cl)cc1. The van der Waals surface area contributed by atoms with E-state index in [0.717, 1.165) is 10.7 Å². The number of benzene rings is 2. The van der Waals surface area contributed by atoms with Gasteiger partial charge in [0.2, 0.25) is 0 Å². The first-order valence-corrected chi connectivity index (χ1v) is 6.16. The number of anilines is 1. The summed E-state index contributed by atoms with van der Waals surface area (Å²) < 4.78 is 0. The Kier molecular flexibility index (Phi) is 3.70. The van der Waals surface area contributed by atoms with Crippen LogP contribution in [0.4, 0.5) is 5.69 Å². The van der Waals surface area contributed by atoms with Crippen LogP contribution in [0.3, 0.4) is 0 Å². The minimum Gasteiger partial charge on any atom is -0.382 e. The van der Waals surface area contributed by atoms with Crippen LogP contribution in [0.1, 0.15) is 13.8 Å². The predicted molar refractivity (Wildman–Crippen MR) is 75.6 cm³/mol. The maximum atomic E-state index is 5.91. The molecule has 0 radical (unpaired) electrons. The number of rotatable bonds is 3. The van der Waals surface area contributed by atoms with Crippen molar-refractivity contribution in [2.24, 2.45) is 0 Å². The highest BCUT2D eigenvalue weighted by molar-refractivity contribution is 6.30. The number of halogens is 1. The third-order valence-electron chi connectivity index (χ3n) is 2.53. The van der Waals surface area contributed by atoms with E-state index in [1.165, 1.54) is 11.1 Å². The van der Waals surface area contributed by atoms with E-state index >= 15 is 0 Å². The van der Waals surface area contributed by atoms with Crippen molar-refractivity contribution in [1.82, 2.24) is 0 Å². The lowest BCUT2D eigenvalue weighted by molar-refractivity contribution is 0.900. The quantitative estimate of drug-likeness (QED) is 0.817. The summed E-state index contributed by atoms with van der Waals surface area (Å²) in [4.78, 5) is 0. The number of para-hydroxylation sites is 1. The van der Waals surface area contributed by atoms with Gasteiger partial charge in [0.05, 0.1) is 0 Å². The van der Waals surface area contributed by atoms with Crippen molar-refractivity contribution in [3.63, 3.8) is 0 Å². The second kappa shape index (κ2) is 5.24. The van der Waals surface area contributed by atoms with Gasteiger partial charge in [-0.2, -0.15) is 0 Å². The molecule has 0 unspecified atom stereocenters. The average Bonchev–Trinajstić information content (AvgIpc) is 2.30. The zero-order valence-electron chi connectivity index (χ0n) is 10.1. The Morgan fingerprint density at radius 3 is 2.24 bits per heavy atom. The van der Waals surface area contributed by atoms with Crippen molar-refractivity contribution in [1.29, 1.82) is 0 Å². The third-order valence-corrected chi connectivity index (χ3v) is 2.78. The highest BCUT2D eigenvalue weighted by Crippen LogP contribution is 2.29. The lowest BCUT2D eigenvalue weighted by Gasteiger charge is -2.14. The molecule has 0 saturated carbocycles. The molecule has 88 valence electrons. The predicted octanol–water partition coefficient (Wildman–Crippen LogP) is 4.83. The molecule has 2 aromatic rings. The summed E-state index contributed by atoms with van der Waals surface area (Å²) in [6.45, 7) is 4.28. The molecule has 0 aliphatic carbocycles. The molecule has 2 aromatic carbocycles. The molecule has 0 amide bonds. The van der Waals surface area contributed by atoms with E-state index in [-0.39, 0.29) is 0 Å². The summed E-state index contributed by atoms with van der Waals surface area (Å²) in [5, 5.41) is 4.22. The zero-order chi connectivity index (χ0) is 12.3. The van der Waals surface area contributed by atoms with Gasteiger partial charge >= 0.3 is 0 Å². The molecule has 1 N–H and O–H groups in total. The smallest absolute Gasteiger partial charge is 0.0421 e. The van der Waals surface area contributed by atoms with Crippen LogP contribution in [0.2, 0.25) is 5.02 Å². The Hall–Kier alpha value is -1.47. The van der Waals surface area contributed by atoms with Crippen molar-refractivity contribution < 1.29 is 0 Å². The second-order valence-corrected chi connectivity index (χ2v) is 4.79. The first-order valence-electron chi connectivity index (χ1n) is 5.78. The molecule has 0 fully saturated rings. The van der Waals surface area contributed by atoms with Gasteiger partial charge in [-0.25, -0.2) is 0 Å². The largest absolute Gasteiger partial charge is 0.382 e. The molecule has 0 atom stereocenters. The monoisotopic (exact) mass is 245 g/mol. The van der Waals surface area contributed by atoms with Crippen molar-refractivity contribution in [3.05, 3.63) is 53.6 Å².